The number of hydrogen-bond acceptors (Lipinski definition) is 3. The average molecular weight is 297 g/mol. The molecule has 0 fully saturated rings. The van der Waals surface area contributed by atoms with E-state index >= 15 is 0 Å². The predicted octanol–water partition coefficient (Wildman–Crippen LogP) is 2.53. The Morgan fingerprint density at radius 3 is 2.37 bits per heavy atom. The lowest BCUT2D eigenvalue weighted by Gasteiger charge is -2.15. The maximum absolute atomic E-state index is 13.8. The standard InChI is InChI=1S/C13H14ClFN2OSi/c1-19(2,18)9-5-3-8(4-6-9)10-7-11(14)13(16)17-12(10)15/h3-7,18H,1-2H3,(H2,16,17). The zero-order chi connectivity index (χ0) is 14.2. The van der Waals surface area contributed by atoms with Gasteiger partial charge in [0, 0.05) is 5.56 Å². The largest absolute Gasteiger partial charge is 0.428 e. The van der Waals surface area contributed by atoms with E-state index in [1.807, 2.05) is 13.1 Å². The molecule has 0 unspecified atom stereocenters. The van der Waals surface area contributed by atoms with E-state index in [0.717, 1.165) is 5.19 Å². The van der Waals surface area contributed by atoms with Gasteiger partial charge in [-0.25, -0.2) is 4.98 Å². The van der Waals surface area contributed by atoms with Gasteiger partial charge in [0.1, 0.15) is 5.82 Å². The van der Waals surface area contributed by atoms with Crippen LogP contribution in [0.1, 0.15) is 0 Å². The second kappa shape index (κ2) is 4.92. The smallest absolute Gasteiger partial charge is 0.222 e. The summed E-state index contributed by atoms with van der Waals surface area (Å²) < 4.78 is 13.8. The van der Waals surface area contributed by atoms with Crippen LogP contribution in [0.25, 0.3) is 11.1 Å². The van der Waals surface area contributed by atoms with Gasteiger partial charge in [0.05, 0.1) is 5.02 Å². The number of nitrogens with two attached hydrogens (primary N) is 1. The van der Waals surface area contributed by atoms with Crippen molar-refractivity contribution in [3.05, 3.63) is 41.3 Å². The van der Waals surface area contributed by atoms with Crippen molar-refractivity contribution in [2.45, 2.75) is 13.1 Å². The van der Waals surface area contributed by atoms with Crippen molar-refractivity contribution in [3.63, 3.8) is 0 Å². The van der Waals surface area contributed by atoms with E-state index in [0.29, 0.717) is 11.1 Å². The SMILES string of the molecule is C[Si](C)(O)c1ccc(-c2cc(Cl)c(N)nc2F)cc1. The van der Waals surface area contributed by atoms with Crippen LogP contribution in [0.2, 0.25) is 18.1 Å². The van der Waals surface area contributed by atoms with Gasteiger partial charge in [-0.2, -0.15) is 4.39 Å². The van der Waals surface area contributed by atoms with Crippen LogP contribution >= 0.6 is 11.6 Å². The lowest BCUT2D eigenvalue weighted by atomic mass is 10.1. The molecule has 0 atom stereocenters. The van der Waals surface area contributed by atoms with Crippen LogP contribution in [-0.2, 0) is 0 Å². The van der Waals surface area contributed by atoms with Gasteiger partial charge < -0.3 is 10.5 Å². The molecule has 3 N–H and O–H groups in total. The molecule has 0 amide bonds. The number of rotatable bonds is 2. The molecular formula is C13H14ClFN2OSi. The molecular weight excluding hydrogens is 283 g/mol. The number of halogens is 2. The van der Waals surface area contributed by atoms with Crippen molar-refractivity contribution < 1.29 is 9.19 Å². The van der Waals surface area contributed by atoms with Crippen LogP contribution in [0.4, 0.5) is 10.2 Å². The molecule has 0 saturated heterocycles. The second-order valence-electron chi connectivity index (χ2n) is 4.83. The quantitative estimate of drug-likeness (QED) is 0.661. The molecule has 0 aliphatic carbocycles. The summed E-state index contributed by atoms with van der Waals surface area (Å²) in [5.74, 6) is -0.682. The molecule has 100 valence electrons. The highest BCUT2D eigenvalue weighted by Gasteiger charge is 2.20. The number of hydrogen-bond donors (Lipinski definition) is 2. The minimum Gasteiger partial charge on any atom is -0.428 e. The Bertz CT molecular complexity index is 611. The third-order valence-corrected chi connectivity index (χ3v) is 4.91. The summed E-state index contributed by atoms with van der Waals surface area (Å²) in [7, 11) is -2.35. The van der Waals surface area contributed by atoms with Gasteiger partial charge in [-0.1, -0.05) is 35.9 Å². The molecule has 1 heterocycles. The van der Waals surface area contributed by atoms with Gasteiger partial charge in [-0.15, -0.1) is 0 Å². The molecule has 0 saturated carbocycles. The lowest BCUT2D eigenvalue weighted by Crippen LogP contribution is -2.41. The Balaban J connectivity index is 2.46. The van der Waals surface area contributed by atoms with E-state index in [4.69, 9.17) is 17.3 Å². The number of aromatic nitrogens is 1. The van der Waals surface area contributed by atoms with Crippen molar-refractivity contribution in [2.24, 2.45) is 0 Å². The Hall–Kier alpha value is -1.43. The first-order valence-electron chi connectivity index (χ1n) is 5.74. The molecule has 0 bridgehead atoms. The van der Waals surface area contributed by atoms with Crippen LogP contribution in [0.5, 0.6) is 0 Å². The average Bonchev–Trinajstić information content (AvgIpc) is 2.33. The van der Waals surface area contributed by atoms with E-state index < -0.39 is 14.3 Å². The first kappa shape index (κ1) is 14.0. The molecule has 0 aliphatic rings. The summed E-state index contributed by atoms with van der Waals surface area (Å²) in [5, 5.41) is 1.10. The second-order valence-corrected chi connectivity index (χ2v) is 8.93. The molecule has 0 aliphatic heterocycles. The van der Waals surface area contributed by atoms with Gasteiger partial charge >= 0.3 is 0 Å². The molecule has 1 aromatic carbocycles. The van der Waals surface area contributed by atoms with E-state index in [1.54, 1.807) is 24.3 Å². The third-order valence-electron chi connectivity index (χ3n) is 2.86. The topological polar surface area (TPSA) is 59.1 Å². The Kier molecular flexibility index (Phi) is 3.62. The molecule has 19 heavy (non-hydrogen) atoms. The summed E-state index contributed by atoms with van der Waals surface area (Å²) in [5.41, 5.74) is 6.38. The van der Waals surface area contributed by atoms with Crippen LogP contribution < -0.4 is 10.9 Å². The lowest BCUT2D eigenvalue weighted by molar-refractivity contribution is 0.568. The van der Waals surface area contributed by atoms with E-state index in [-0.39, 0.29) is 10.8 Å². The number of nitrogen functional groups attached to an aromatic ring is 1. The van der Waals surface area contributed by atoms with Crippen molar-refractivity contribution in [3.8, 4) is 11.1 Å². The van der Waals surface area contributed by atoms with Gasteiger partial charge in [0.2, 0.25) is 14.3 Å². The van der Waals surface area contributed by atoms with Gasteiger partial charge in [-0.05, 0) is 29.9 Å². The first-order valence-corrected chi connectivity index (χ1v) is 9.06. The molecule has 2 aromatic rings. The monoisotopic (exact) mass is 296 g/mol. The zero-order valence-electron chi connectivity index (χ0n) is 10.6. The van der Waals surface area contributed by atoms with Gasteiger partial charge in [-0.3, -0.25) is 0 Å². The first-order chi connectivity index (χ1) is 8.79. The number of pyridine rings is 1. The number of nitrogens with zero attached hydrogens (tertiary/aromatic N) is 1. The fraction of sp³-hybridized carbons (Fsp3) is 0.154. The minimum atomic E-state index is -2.35. The van der Waals surface area contributed by atoms with Crippen LogP contribution in [0.15, 0.2) is 30.3 Å². The highest BCUT2D eigenvalue weighted by molar-refractivity contribution is 6.83. The molecule has 2 rings (SSSR count). The number of anilines is 1. The molecule has 6 heteroatoms. The normalized spacial score (nSPS) is 11.6. The summed E-state index contributed by atoms with van der Waals surface area (Å²) in [6, 6.07) is 8.53. The zero-order valence-corrected chi connectivity index (χ0v) is 12.4. The maximum Gasteiger partial charge on any atom is 0.222 e. The van der Waals surface area contributed by atoms with Crippen molar-refractivity contribution in [1.29, 1.82) is 0 Å². The molecule has 0 spiro atoms. The number of benzene rings is 1. The summed E-state index contributed by atoms with van der Waals surface area (Å²) >= 11 is 5.85. The Labute approximate surface area is 117 Å². The van der Waals surface area contributed by atoms with E-state index in [9.17, 15) is 9.19 Å². The van der Waals surface area contributed by atoms with Crippen molar-refractivity contribution >= 4 is 30.9 Å². The van der Waals surface area contributed by atoms with Crippen LogP contribution in [0, 0.1) is 5.95 Å². The fourth-order valence-corrected chi connectivity index (χ4v) is 2.87. The Morgan fingerprint density at radius 1 is 1.26 bits per heavy atom. The summed E-state index contributed by atoms with van der Waals surface area (Å²) in [6.45, 7) is 3.65. The van der Waals surface area contributed by atoms with Crippen LogP contribution in [0.3, 0.4) is 0 Å². The highest BCUT2D eigenvalue weighted by atomic mass is 35.5. The minimum absolute atomic E-state index is 0.0246. The maximum atomic E-state index is 13.8. The molecule has 1 aromatic heterocycles. The predicted molar refractivity (Wildman–Crippen MR) is 78.4 cm³/mol. The van der Waals surface area contributed by atoms with Crippen LogP contribution in [-0.4, -0.2) is 18.1 Å². The fourth-order valence-electron chi connectivity index (χ4n) is 1.74. The van der Waals surface area contributed by atoms with Crippen molar-refractivity contribution in [1.82, 2.24) is 4.98 Å². The summed E-state index contributed by atoms with van der Waals surface area (Å²) in [4.78, 5) is 13.6. The van der Waals surface area contributed by atoms with Crippen molar-refractivity contribution in [2.75, 3.05) is 5.73 Å². The molecule has 0 radical (unpaired) electrons. The van der Waals surface area contributed by atoms with E-state index in [2.05, 4.69) is 4.98 Å². The van der Waals surface area contributed by atoms with E-state index in [1.165, 1.54) is 6.07 Å². The highest BCUT2D eigenvalue weighted by Crippen LogP contribution is 2.27. The Morgan fingerprint density at radius 2 is 1.84 bits per heavy atom. The summed E-state index contributed by atoms with van der Waals surface area (Å²) in [6.07, 6.45) is 0. The molecule has 3 nitrogen and oxygen atoms in total. The van der Waals surface area contributed by atoms with Gasteiger partial charge in [0.15, 0.2) is 0 Å². The van der Waals surface area contributed by atoms with Gasteiger partial charge in [0.25, 0.3) is 0 Å². The third kappa shape index (κ3) is 2.94.